The Kier molecular flexibility index (Phi) is 6.54. The molecule has 1 N–H and O–H groups in total. The zero-order valence-corrected chi connectivity index (χ0v) is 20.3. The van der Waals surface area contributed by atoms with E-state index in [-0.39, 0.29) is 17.9 Å². The molecule has 1 atom stereocenters. The molecule has 0 aliphatic carbocycles. The molecule has 2 aromatic heterocycles. The Morgan fingerprint density at radius 3 is 2.53 bits per heavy atom. The van der Waals surface area contributed by atoms with Crippen molar-refractivity contribution in [1.82, 2.24) is 19.8 Å². The number of fused-ring (bicyclic) bond motifs is 2. The molecule has 0 saturated heterocycles. The first-order valence-corrected chi connectivity index (χ1v) is 12.0. The van der Waals surface area contributed by atoms with Gasteiger partial charge < -0.3 is 19.2 Å². The van der Waals surface area contributed by atoms with Gasteiger partial charge in [0.25, 0.3) is 11.8 Å². The van der Waals surface area contributed by atoms with Crippen molar-refractivity contribution in [1.29, 1.82) is 0 Å². The van der Waals surface area contributed by atoms with Gasteiger partial charge in [0.15, 0.2) is 5.82 Å². The van der Waals surface area contributed by atoms with E-state index in [9.17, 15) is 9.59 Å². The molecule has 7 heteroatoms. The molecule has 2 amide bonds. The van der Waals surface area contributed by atoms with Gasteiger partial charge in [0.2, 0.25) is 0 Å². The van der Waals surface area contributed by atoms with Gasteiger partial charge in [0.05, 0.1) is 16.6 Å². The van der Waals surface area contributed by atoms with Crippen LogP contribution in [0.4, 0.5) is 0 Å². The number of aromatic nitrogens is 2. The lowest BCUT2D eigenvalue weighted by Gasteiger charge is -2.28. The van der Waals surface area contributed by atoms with Crippen LogP contribution in [0.2, 0.25) is 0 Å². The summed E-state index contributed by atoms with van der Waals surface area (Å²) in [5.41, 5.74) is 4.03. The van der Waals surface area contributed by atoms with E-state index >= 15 is 0 Å². The van der Waals surface area contributed by atoms with Gasteiger partial charge in [-0.3, -0.25) is 9.59 Å². The second-order valence-corrected chi connectivity index (χ2v) is 8.93. The number of imidazole rings is 1. The second kappa shape index (κ2) is 10.1. The van der Waals surface area contributed by atoms with Crippen LogP contribution in [0, 0.1) is 0 Å². The number of furan rings is 1. The quantitative estimate of drug-likeness (QED) is 0.345. The highest BCUT2D eigenvalue weighted by Gasteiger charge is 2.25. The summed E-state index contributed by atoms with van der Waals surface area (Å²) >= 11 is 0. The number of para-hydroxylation sites is 3. The van der Waals surface area contributed by atoms with E-state index in [1.165, 1.54) is 6.26 Å². The van der Waals surface area contributed by atoms with Gasteiger partial charge in [-0.1, -0.05) is 60.7 Å². The first-order chi connectivity index (χ1) is 17.5. The van der Waals surface area contributed by atoms with Crippen molar-refractivity contribution in [2.24, 2.45) is 7.05 Å². The maximum absolute atomic E-state index is 13.5. The normalized spacial score (nSPS) is 12.1. The highest BCUT2D eigenvalue weighted by atomic mass is 16.3. The smallest absolute Gasteiger partial charge is 0.287 e. The molecule has 5 rings (SSSR count). The van der Waals surface area contributed by atoms with Gasteiger partial charge in [0, 0.05) is 32.1 Å². The van der Waals surface area contributed by atoms with Crippen molar-refractivity contribution < 1.29 is 14.0 Å². The van der Waals surface area contributed by atoms with Gasteiger partial charge in [0.1, 0.15) is 11.8 Å². The molecule has 5 aromatic rings. The van der Waals surface area contributed by atoms with Crippen LogP contribution in [0.25, 0.3) is 22.0 Å². The van der Waals surface area contributed by atoms with Crippen LogP contribution in [0.3, 0.4) is 0 Å². The second-order valence-electron chi connectivity index (χ2n) is 8.93. The number of carbonyl (C=O) groups excluding carboxylic acids is 2. The van der Waals surface area contributed by atoms with Crippen molar-refractivity contribution in [2.75, 3.05) is 13.6 Å². The maximum Gasteiger partial charge on any atom is 0.287 e. The number of nitrogens with zero attached hydrogens (tertiary/aromatic N) is 3. The van der Waals surface area contributed by atoms with Gasteiger partial charge in [-0.15, -0.1) is 0 Å². The summed E-state index contributed by atoms with van der Waals surface area (Å²) in [5, 5.41) is 3.79. The summed E-state index contributed by atoms with van der Waals surface area (Å²) in [6.45, 7) is 0.406. The van der Waals surface area contributed by atoms with Crippen LogP contribution in [0.15, 0.2) is 89.5 Å². The van der Waals surface area contributed by atoms with Crippen molar-refractivity contribution >= 4 is 33.8 Å². The molecule has 0 bridgehead atoms. The molecule has 182 valence electrons. The SMILES string of the molecule is CN(C(=O)c1coc2ccccc12)[C@H](CCNC(=O)c1nc2ccccc2n1C)Cc1ccccc1. The van der Waals surface area contributed by atoms with Crippen molar-refractivity contribution in [3.8, 4) is 0 Å². The largest absolute Gasteiger partial charge is 0.463 e. The highest BCUT2D eigenvalue weighted by Crippen LogP contribution is 2.23. The molecule has 0 spiro atoms. The van der Waals surface area contributed by atoms with E-state index in [1.807, 2.05) is 80.8 Å². The number of rotatable bonds is 8. The zero-order chi connectivity index (χ0) is 25.1. The number of hydrogen-bond acceptors (Lipinski definition) is 4. The third-order valence-corrected chi connectivity index (χ3v) is 6.65. The van der Waals surface area contributed by atoms with Gasteiger partial charge in [-0.25, -0.2) is 4.98 Å². The lowest BCUT2D eigenvalue weighted by molar-refractivity contribution is 0.0723. The lowest BCUT2D eigenvalue weighted by atomic mass is 10.0. The Morgan fingerprint density at radius 1 is 1.00 bits per heavy atom. The number of nitrogens with one attached hydrogen (secondary N) is 1. The summed E-state index contributed by atoms with van der Waals surface area (Å²) < 4.78 is 7.40. The molecule has 3 aromatic carbocycles. The van der Waals surface area contributed by atoms with Gasteiger partial charge in [-0.05, 0) is 36.6 Å². The van der Waals surface area contributed by atoms with E-state index in [0.717, 1.165) is 22.0 Å². The number of benzene rings is 3. The number of carbonyl (C=O) groups is 2. The van der Waals surface area contributed by atoms with E-state index < -0.39 is 0 Å². The van der Waals surface area contributed by atoms with Crippen molar-refractivity contribution in [3.63, 3.8) is 0 Å². The number of hydrogen-bond donors (Lipinski definition) is 1. The minimum Gasteiger partial charge on any atom is -0.463 e. The fraction of sp³-hybridized carbons (Fsp3) is 0.207. The first kappa shape index (κ1) is 23.4. The topological polar surface area (TPSA) is 80.4 Å². The van der Waals surface area contributed by atoms with Crippen LogP contribution in [-0.2, 0) is 13.5 Å². The standard InChI is InChI=1S/C29H28N4O3/c1-32(29(35)23-19-36-26-15-9-6-12-22(23)26)21(18-20-10-4-3-5-11-20)16-17-30-28(34)27-31-24-13-7-8-14-25(24)33(27)2/h3-15,19,21H,16-18H2,1-2H3,(H,30,34)/t21-/m1/s1. The Morgan fingerprint density at radius 2 is 1.72 bits per heavy atom. The Bertz CT molecular complexity index is 1520. The number of amides is 2. The monoisotopic (exact) mass is 480 g/mol. The van der Waals surface area contributed by atoms with Crippen LogP contribution < -0.4 is 5.32 Å². The minimum absolute atomic E-state index is 0.109. The molecule has 0 fully saturated rings. The zero-order valence-electron chi connectivity index (χ0n) is 20.3. The van der Waals surface area contributed by atoms with Gasteiger partial charge >= 0.3 is 0 Å². The minimum atomic E-state index is -0.234. The average molecular weight is 481 g/mol. The lowest BCUT2D eigenvalue weighted by Crippen LogP contribution is -2.41. The summed E-state index contributed by atoms with van der Waals surface area (Å²) in [6.07, 6.45) is 2.78. The van der Waals surface area contributed by atoms with E-state index in [1.54, 1.807) is 9.47 Å². The fourth-order valence-electron chi connectivity index (χ4n) is 4.60. The molecule has 0 aliphatic heterocycles. The molecule has 36 heavy (non-hydrogen) atoms. The average Bonchev–Trinajstić information content (AvgIpc) is 3.49. The third kappa shape index (κ3) is 4.60. The van der Waals surface area contributed by atoms with E-state index in [2.05, 4.69) is 22.4 Å². The Hall–Kier alpha value is -4.39. The van der Waals surface area contributed by atoms with Crippen LogP contribution >= 0.6 is 0 Å². The molecule has 7 nitrogen and oxygen atoms in total. The highest BCUT2D eigenvalue weighted by molar-refractivity contribution is 6.05. The Labute approximate surface area is 209 Å². The summed E-state index contributed by atoms with van der Waals surface area (Å²) in [4.78, 5) is 32.6. The molecule has 0 radical (unpaired) electrons. The predicted octanol–water partition coefficient (Wildman–Crippen LogP) is 4.82. The molecule has 2 heterocycles. The number of likely N-dealkylation sites (N-methyl/N-ethyl adjacent to an activating group) is 1. The summed E-state index contributed by atoms with van der Waals surface area (Å²) in [6, 6.07) is 25.1. The van der Waals surface area contributed by atoms with Gasteiger partial charge in [-0.2, -0.15) is 0 Å². The maximum atomic E-state index is 13.5. The number of aryl methyl sites for hydroxylation is 1. The first-order valence-electron chi connectivity index (χ1n) is 12.0. The molecule has 0 saturated carbocycles. The van der Waals surface area contributed by atoms with Crippen molar-refractivity contribution in [3.05, 3.63) is 102 Å². The summed E-state index contributed by atoms with van der Waals surface area (Å²) in [5.74, 6) is 0.0228. The fourth-order valence-corrected chi connectivity index (χ4v) is 4.60. The molecular formula is C29H28N4O3. The van der Waals surface area contributed by atoms with Crippen LogP contribution in [0.1, 0.15) is 33.0 Å². The molecular weight excluding hydrogens is 452 g/mol. The van der Waals surface area contributed by atoms with E-state index in [4.69, 9.17) is 4.42 Å². The van der Waals surface area contributed by atoms with Crippen LogP contribution in [0.5, 0.6) is 0 Å². The molecule has 0 aliphatic rings. The Balaban J connectivity index is 1.32. The summed E-state index contributed by atoms with van der Waals surface area (Å²) in [7, 11) is 3.65. The van der Waals surface area contributed by atoms with E-state index in [0.29, 0.717) is 36.4 Å². The van der Waals surface area contributed by atoms with Crippen molar-refractivity contribution in [2.45, 2.75) is 18.9 Å². The predicted molar refractivity (Wildman–Crippen MR) is 140 cm³/mol. The van der Waals surface area contributed by atoms with Crippen LogP contribution in [-0.4, -0.2) is 45.9 Å². The molecule has 0 unspecified atom stereocenters. The third-order valence-electron chi connectivity index (χ3n) is 6.65.